The maximum atomic E-state index is 12.1. The van der Waals surface area contributed by atoms with E-state index < -0.39 is 15.4 Å². The van der Waals surface area contributed by atoms with Crippen molar-refractivity contribution in [1.82, 2.24) is 5.32 Å². The van der Waals surface area contributed by atoms with Crippen LogP contribution in [0, 0.1) is 11.3 Å². The van der Waals surface area contributed by atoms with Crippen LogP contribution in [0.3, 0.4) is 0 Å². The van der Waals surface area contributed by atoms with Gasteiger partial charge in [0.15, 0.2) is 9.84 Å². The molecule has 2 N–H and O–H groups in total. The van der Waals surface area contributed by atoms with Crippen LogP contribution < -0.4 is 5.32 Å². The van der Waals surface area contributed by atoms with Crippen molar-refractivity contribution in [3.63, 3.8) is 0 Å². The van der Waals surface area contributed by atoms with E-state index in [1.54, 1.807) is 19.1 Å². The third-order valence-electron chi connectivity index (χ3n) is 3.16. The second-order valence-electron chi connectivity index (χ2n) is 5.38. The van der Waals surface area contributed by atoms with Crippen LogP contribution in [0.4, 0.5) is 0 Å². The molecule has 0 spiro atoms. The van der Waals surface area contributed by atoms with Crippen molar-refractivity contribution in [2.45, 2.75) is 37.2 Å². The fourth-order valence-electron chi connectivity index (χ4n) is 2.07. The molecule has 0 aromatic heterocycles. The molecule has 6 heteroatoms. The average Bonchev–Trinajstić information content (AvgIpc) is 2.44. The highest BCUT2D eigenvalue weighted by Crippen LogP contribution is 2.13. The molecule has 0 bridgehead atoms. The SMILES string of the molecule is CCCC(C)(O)CNCCS(=O)(=O)c1cccc(C#N)c1. The highest BCUT2D eigenvalue weighted by atomic mass is 32.2. The summed E-state index contributed by atoms with van der Waals surface area (Å²) < 4.78 is 24.3. The van der Waals surface area contributed by atoms with E-state index in [0.29, 0.717) is 18.5 Å². The predicted octanol–water partition coefficient (Wildman–Crippen LogP) is 1.47. The van der Waals surface area contributed by atoms with Gasteiger partial charge in [-0.2, -0.15) is 5.26 Å². The minimum absolute atomic E-state index is 0.0654. The zero-order valence-electron chi connectivity index (χ0n) is 12.5. The number of rotatable bonds is 8. The van der Waals surface area contributed by atoms with Gasteiger partial charge < -0.3 is 10.4 Å². The summed E-state index contributed by atoms with van der Waals surface area (Å²) in [5.74, 6) is -0.0654. The number of nitrogens with zero attached hydrogens (tertiary/aromatic N) is 1. The minimum Gasteiger partial charge on any atom is -0.389 e. The van der Waals surface area contributed by atoms with E-state index >= 15 is 0 Å². The second kappa shape index (κ2) is 7.55. The van der Waals surface area contributed by atoms with Gasteiger partial charge in [0.1, 0.15) is 0 Å². The van der Waals surface area contributed by atoms with E-state index in [1.807, 2.05) is 13.0 Å². The van der Waals surface area contributed by atoms with Crippen LogP contribution >= 0.6 is 0 Å². The topological polar surface area (TPSA) is 90.2 Å². The van der Waals surface area contributed by atoms with Gasteiger partial charge in [-0.3, -0.25) is 0 Å². The van der Waals surface area contributed by atoms with E-state index in [1.165, 1.54) is 12.1 Å². The summed E-state index contributed by atoms with van der Waals surface area (Å²) in [6.07, 6.45) is 1.53. The van der Waals surface area contributed by atoms with Crippen molar-refractivity contribution in [3.05, 3.63) is 29.8 Å². The van der Waals surface area contributed by atoms with Crippen LogP contribution in [0.25, 0.3) is 0 Å². The Kier molecular flexibility index (Phi) is 6.34. The van der Waals surface area contributed by atoms with Crippen LogP contribution in [0.2, 0.25) is 0 Å². The zero-order chi connectivity index (χ0) is 15.9. The molecule has 0 aliphatic carbocycles. The molecule has 1 aromatic carbocycles. The van der Waals surface area contributed by atoms with Crippen LogP contribution in [-0.2, 0) is 9.84 Å². The Balaban J connectivity index is 2.56. The molecule has 0 saturated carbocycles. The maximum Gasteiger partial charge on any atom is 0.179 e. The first-order valence-corrected chi connectivity index (χ1v) is 8.62. The van der Waals surface area contributed by atoms with E-state index in [9.17, 15) is 13.5 Å². The van der Waals surface area contributed by atoms with Crippen molar-refractivity contribution in [1.29, 1.82) is 5.26 Å². The lowest BCUT2D eigenvalue weighted by molar-refractivity contribution is 0.0507. The van der Waals surface area contributed by atoms with Gasteiger partial charge in [-0.25, -0.2) is 8.42 Å². The van der Waals surface area contributed by atoms with Gasteiger partial charge in [-0.15, -0.1) is 0 Å². The summed E-state index contributed by atoms with van der Waals surface area (Å²) in [5, 5.41) is 21.7. The van der Waals surface area contributed by atoms with Gasteiger partial charge in [0.2, 0.25) is 0 Å². The number of sulfone groups is 1. The molecule has 0 aliphatic rings. The number of hydrogen-bond acceptors (Lipinski definition) is 5. The third-order valence-corrected chi connectivity index (χ3v) is 4.88. The summed E-state index contributed by atoms with van der Waals surface area (Å²) in [7, 11) is -3.42. The predicted molar refractivity (Wildman–Crippen MR) is 81.6 cm³/mol. The van der Waals surface area contributed by atoms with Crippen molar-refractivity contribution >= 4 is 9.84 Å². The summed E-state index contributed by atoms with van der Waals surface area (Å²) in [6.45, 7) is 4.34. The van der Waals surface area contributed by atoms with Crippen molar-refractivity contribution in [3.8, 4) is 6.07 Å². The van der Waals surface area contributed by atoms with Gasteiger partial charge in [-0.05, 0) is 31.5 Å². The third kappa shape index (κ3) is 5.84. The van der Waals surface area contributed by atoms with E-state index in [2.05, 4.69) is 5.32 Å². The summed E-state index contributed by atoms with van der Waals surface area (Å²) >= 11 is 0. The number of aliphatic hydroxyl groups is 1. The smallest absolute Gasteiger partial charge is 0.179 e. The van der Waals surface area contributed by atoms with Gasteiger partial charge in [-0.1, -0.05) is 19.4 Å². The van der Waals surface area contributed by atoms with Gasteiger partial charge in [0, 0.05) is 13.1 Å². The van der Waals surface area contributed by atoms with Crippen molar-refractivity contribution in [2.75, 3.05) is 18.8 Å². The number of nitrogens with one attached hydrogen (secondary N) is 1. The lowest BCUT2D eigenvalue weighted by Crippen LogP contribution is -2.39. The molecule has 1 unspecified atom stereocenters. The monoisotopic (exact) mass is 310 g/mol. The minimum atomic E-state index is -3.42. The summed E-state index contributed by atoms with van der Waals surface area (Å²) in [5.41, 5.74) is -0.492. The zero-order valence-corrected chi connectivity index (χ0v) is 13.3. The first kappa shape index (κ1) is 17.6. The molecule has 1 rings (SSSR count). The Morgan fingerprint density at radius 2 is 2.14 bits per heavy atom. The van der Waals surface area contributed by atoms with Gasteiger partial charge >= 0.3 is 0 Å². The molecule has 1 aromatic rings. The molecular formula is C15H22N2O3S. The quantitative estimate of drug-likeness (QED) is 0.710. The number of nitriles is 1. The highest BCUT2D eigenvalue weighted by Gasteiger charge is 2.19. The Bertz CT molecular complexity index is 604. The maximum absolute atomic E-state index is 12.1. The van der Waals surface area contributed by atoms with Gasteiger partial charge in [0.25, 0.3) is 0 Å². The Labute approximate surface area is 126 Å². The molecule has 0 heterocycles. The fraction of sp³-hybridized carbons (Fsp3) is 0.533. The molecule has 0 fully saturated rings. The first-order valence-electron chi connectivity index (χ1n) is 6.97. The Morgan fingerprint density at radius 1 is 1.43 bits per heavy atom. The summed E-state index contributed by atoms with van der Waals surface area (Å²) in [6, 6.07) is 7.92. The molecule has 1 atom stereocenters. The number of benzene rings is 1. The molecule has 0 aliphatic heterocycles. The van der Waals surface area contributed by atoms with Crippen LogP contribution in [0.1, 0.15) is 32.3 Å². The summed E-state index contributed by atoms with van der Waals surface area (Å²) in [4.78, 5) is 0.156. The molecule has 0 saturated heterocycles. The average molecular weight is 310 g/mol. The standard InChI is InChI=1S/C15H22N2O3S/c1-3-7-15(2,18)12-17-8-9-21(19,20)14-6-4-5-13(10-14)11-16/h4-6,10,17-18H,3,7-9,12H2,1-2H3. The fourth-order valence-corrected chi connectivity index (χ4v) is 3.31. The first-order chi connectivity index (χ1) is 9.80. The lowest BCUT2D eigenvalue weighted by atomic mass is 10.0. The van der Waals surface area contributed by atoms with E-state index in [0.717, 1.165) is 6.42 Å². The van der Waals surface area contributed by atoms with Crippen LogP contribution in [-0.4, -0.2) is 38.0 Å². The van der Waals surface area contributed by atoms with E-state index in [4.69, 9.17) is 5.26 Å². The molecular weight excluding hydrogens is 288 g/mol. The Morgan fingerprint density at radius 3 is 2.76 bits per heavy atom. The van der Waals surface area contributed by atoms with E-state index in [-0.39, 0.29) is 17.2 Å². The van der Waals surface area contributed by atoms with Crippen LogP contribution in [0.15, 0.2) is 29.2 Å². The normalized spacial score (nSPS) is 14.4. The lowest BCUT2D eigenvalue weighted by Gasteiger charge is -2.23. The molecule has 21 heavy (non-hydrogen) atoms. The molecule has 0 radical (unpaired) electrons. The molecule has 5 nitrogen and oxygen atoms in total. The number of hydrogen-bond donors (Lipinski definition) is 2. The largest absolute Gasteiger partial charge is 0.389 e. The van der Waals surface area contributed by atoms with Crippen molar-refractivity contribution in [2.24, 2.45) is 0 Å². The second-order valence-corrected chi connectivity index (χ2v) is 7.49. The van der Waals surface area contributed by atoms with Crippen LogP contribution in [0.5, 0.6) is 0 Å². The molecule has 116 valence electrons. The Hall–Kier alpha value is -1.42. The highest BCUT2D eigenvalue weighted by molar-refractivity contribution is 7.91. The van der Waals surface area contributed by atoms with Crippen molar-refractivity contribution < 1.29 is 13.5 Å². The van der Waals surface area contributed by atoms with Gasteiger partial charge in [0.05, 0.1) is 27.9 Å². The molecule has 0 amide bonds.